The molecule has 1 N–H and O–H groups in total. The maximum Gasteiger partial charge on any atom is 0.198 e. The molecule has 2 aromatic rings. The average molecular weight is 289 g/mol. The minimum absolute atomic E-state index is 0.345. The van der Waals surface area contributed by atoms with E-state index in [1.807, 2.05) is 56.3 Å². The first kappa shape index (κ1) is 14.8. The fourth-order valence-corrected chi connectivity index (χ4v) is 3.77. The van der Waals surface area contributed by atoms with Crippen LogP contribution < -0.4 is 5.32 Å². The molecule has 0 radical (unpaired) electrons. The summed E-state index contributed by atoms with van der Waals surface area (Å²) < 4.78 is 25.5. The van der Waals surface area contributed by atoms with Gasteiger partial charge in [-0.3, -0.25) is 5.32 Å². The highest BCUT2D eigenvalue weighted by Crippen LogP contribution is 2.26. The van der Waals surface area contributed by atoms with Crippen LogP contribution in [0.1, 0.15) is 23.4 Å². The number of benzene rings is 2. The van der Waals surface area contributed by atoms with E-state index in [4.69, 9.17) is 0 Å². The standard InChI is InChI=1S/C16H19NO2S/c1-3-17-16(14-7-5-4-6-8-14)20(18,19)15-11-9-13(2)10-12-15/h4-12,16-17H,3H2,1-2H3. The molecule has 0 aliphatic heterocycles. The second-order valence-corrected chi connectivity index (χ2v) is 6.74. The maximum absolute atomic E-state index is 12.8. The molecule has 3 nitrogen and oxygen atoms in total. The van der Waals surface area contributed by atoms with Crippen molar-refractivity contribution in [2.75, 3.05) is 6.54 Å². The predicted octanol–water partition coefficient (Wildman–Crippen LogP) is 3.08. The quantitative estimate of drug-likeness (QED) is 0.920. The summed E-state index contributed by atoms with van der Waals surface area (Å²) in [6.45, 7) is 4.43. The van der Waals surface area contributed by atoms with Gasteiger partial charge in [0, 0.05) is 0 Å². The largest absolute Gasteiger partial charge is 0.297 e. The molecule has 106 valence electrons. The Balaban J connectivity index is 2.45. The summed E-state index contributed by atoms with van der Waals surface area (Å²) in [6.07, 6.45) is 0. The Morgan fingerprint density at radius 3 is 2.15 bits per heavy atom. The summed E-state index contributed by atoms with van der Waals surface area (Å²) in [4.78, 5) is 0.345. The Labute approximate surface area is 120 Å². The fraction of sp³-hybridized carbons (Fsp3) is 0.250. The molecule has 0 saturated heterocycles. The lowest BCUT2D eigenvalue weighted by atomic mass is 10.2. The number of rotatable bonds is 5. The van der Waals surface area contributed by atoms with Crippen LogP contribution in [-0.4, -0.2) is 15.0 Å². The normalized spacial score (nSPS) is 13.1. The molecular formula is C16H19NO2S. The lowest BCUT2D eigenvalue weighted by Crippen LogP contribution is -2.28. The monoisotopic (exact) mass is 289 g/mol. The van der Waals surface area contributed by atoms with Crippen LogP contribution in [0, 0.1) is 6.92 Å². The summed E-state index contributed by atoms with van der Waals surface area (Å²) in [5.41, 5.74) is 1.80. The van der Waals surface area contributed by atoms with E-state index in [-0.39, 0.29) is 0 Å². The summed E-state index contributed by atoms with van der Waals surface area (Å²) in [7, 11) is -3.44. The Kier molecular flexibility index (Phi) is 4.57. The van der Waals surface area contributed by atoms with Crippen molar-refractivity contribution < 1.29 is 8.42 Å². The van der Waals surface area contributed by atoms with Gasteiger partial charge in [0.05, 0.1) is 4.90 Å². The van der Waals surface area contributed by atoms with Crippen LogP contribution >= 0.6 is 0 Å². The summed E-state index contributed by atoms with van der Waals surface area (Å²) >= 11 is 0. The molecule has 0 fully saturated rings. The van der Waals surface area contributed by atoms with Crippen LogP contribution in [0.25, 0.3) is 0 Å². The average Bonchev–Trinajstić information content (AvgIpc) is 2.46. The third kappa shape index (κ3) is 3.08. The van der Waals surface area contributed by atoms with E-state index in [0.717, 1.165) is 11.1 Å². The summed E-state index contributed by atoms with van der Waals surface area (Å²) in [5.74, 6) is 0. The molecule has 0 bridgehead atoms. The van der Waals surface area contributed by atoms with Gasteiger partial charge in [-0.05, 0) is 31.2 Å². The Hall–Kier alpha value is -1.65. The van der Waals surface area contributed by atoms with Crippen LogP contribution in [0.15, 0.2) is 59.5 Å². The van der Waals surface area contributed by atoms with Crippen molar-refractivity contribution in [3.63, 3.8) is 0 Å². The van der Waals surface area contributed by atoms with Crippen LogP contribution in [0.4, 0.5) is 0 Å². The van der Waals surface area contributed by atoms with E-state index >= 15 is 0 Å². The molecule has 0 aliphatic rings. The van der Waals surface area contributed by atoms with Crippen molar-refractivity contribution in [1.82, 2.24) is 5.32 Å². The Morgan fingerprint density at radius 2 is 1.60 bits per heavy atom. The van der Waals surface area contributed by atoms with Gasteiger partial charge in [0.25, 0.3) is 0 Å². The van der Waals surface area contributed by atoms with E-state index in [9.17, 15) is 8.42 Å². The van der Waals surface area contributed by atoms with Gasteiger partial charge in [0.15, 0.2) is 9.84 Å². The van der Waals surface area contributed by atoms with E-state index < -0.39 is 15.2 Å². The first-order chi connectivity index (χ1) is 9.55. The van der Waals surface area contributed by atoms with Gasteiger partial charge in [0.1, 0.15) is 5.37 Å². The van der Waals surface area contributed by atoms with E-state index in [2.05, 4.69) is 5.32 Å². The number of sulfone groups is 1. The minimum atomic E-state index is -3.44. The van der Waals surface area contributed by atoms with Crippen LogP contribution in [0.5, 0.6) is 0 Å². The van der Waals surface area contributed by atoms with Gasteiger partial charge in [-0.2, -0.15) is 0 Å². The smallest absolute Gasteiger partial charge is 0.198 e. The first-order valence-corrected chi connectivity index (χ1v) is 8.19. The second-order valence-electron chi connectivity index (χ2n) is 4.71. The van der Waals surface area contributed by atoms with E-state index in [1.165, 1.54) is 0 Å². The first-order valence-electron chi connectivity index (χ1n) is 6.64. The summed E-state index contributed by atoms with van der Waals surface area (Å²) in [6, 6.07) is 16.2. The van der Waals surface area contributed by atoms with Crippen molar-refractivity contribution >= 4 is 9.84 Å². The lowest BCUT2D eigenvalue weighted by Gasteiger charge is -2.19. The van der Waals surface area contributed by atoms with Crippen molar-refractivity contribution in [2.24, 2.45) is 0 Å². The topological polar surface area (TPSA) is 46.2 Å². The van der Waals surface area contributed by atoms with Crippen molar-refractivity contribution in [1.29, 1.82) is 0 Å². The molecule has 0 amide bonds. The Bertz CT molecular complexity index is 649. The van der Waals surface area contributed by atoms with Crippen LogP contribution in [0.2, 0.25) is 0 Å². The van der Waals surface area contributed by atoms with Gasteiger partial charge in [-0.1, -0.05) is 55.0 Å². The molecule has 0 saturated carbocycles. The zero-order valence-corrected chi connectivity index (χ0v) is 12.5. The van der Waals surface area contributed by atoms with E-state index in [1.54, 1.807) is 12.1 Å². The molecule has 1 unspecified atom stereocenters. The van der Waals surface area contributed by atoms with Gasteiger partial charge in [-0.15, -0.1) is 0 Å². The molecule has 4 heteroatoms. The van der Waals surface area contributed by atoms with Crippen LogP contribution in [0.3, 0.4) is 0 Å². The van der Waals surface area contributed by atoms with Gasteiger partial charge in [0.2, 0.25) is 0 Å². The molecule has 2 rings (SSSR count). The number of aryl methyl sites for hydroxylation is 1. The number of nitrogens with one attached hydrogen (secondary N) is 1. The Morgan fingerprint density at radius 1 is 1.00 bits per heavy atom. The second kappa shape index (κ2) is 6.20. The number of hydrogen-bond acceptors (Lipinski definition) is 3. The third-order valence-electron chi connectivity index (χ3n) is 3.15. The lowest BCUT2D eigenvalue weighted by molar-refractivity contribution is 0.560. The molecule has 20 heavy (non-hydrogen) atoms. The van der Waals surface area contributed by atoms with Gasteiger partial charge >= 0.3 is 0 Å². The van der Waals surface area contributed by atoms with Gasteiger partial charge < -0.3 is 0 Å². The van der Waals surface area contributed by atoms with E-state index in [0.29, 0.717) is 11.4 Å². The molecule has 2 aromatic carbocycles. The van der Waals surface area contributed by atoms with Crippen LogP contribution in [-0.2, 0) is 9.84 Å². The number of hydrogen-bond donors (Lipinski definition) is 1. The van der Waals surface area contributed by atoms with Gasteiger partial charge in [-0.25, -0.2) is 8.42 Å². The third-order valence-corrected chi connectivity index (χ3v) is 5.14. The molecule has 0 spiro atoms. The highest BCUT2D eigenvalue weighted by atomic mass is 32.2. The van der Waals surface area contributed by atoms with Crippen molar-refractivity contribution in [3.8, 4) is 0 Å². The highest BCUT2D eigenvalue weighted by Gasteiger charge is 2.27. The predicted molar refractivity (Wildman–Crippen MR) is 81.2 cm³/mol. The minimum Gasteiger partial charge on any atom is -0.297 e. The fourth-order valence-electron chi connectivity index (χ4n) is 2.08. The SMILES string of the molecule is CCNC(c1ccccc1)S(=O)(=O)c1ccc(C)cc1. The highest BCUT2D eigenvalue weighted by molar-refractivity contribution is 7.91. The zero-order chi connectivity index (χ0) is 14.6. The zero-order valence-electron chi connectivity index (χ0n) is 11.7. The molecule has 0 aromatic heterocycles. The molecule has 0 heterocycles. The summed E-state index contributed by atoms with van der Waals surface area (Å²) in [5, 5.41) is 2.35. The van der Waals surface area contributed by atoms with Crippen molar-refractivity contribution in [2.45, 2.75) is 24.1 Å². The molecular weight excluding hydrogens is 270 g/mol. The maximum atomic E-state index is 12.8. The van der Waals surface area contributed by atoms with Crippen molar-refractivity contribution in [3.05, 3.63) is 65.7 Å². The molecule has 1 atom stereocenters. The molecule has 0 aliphatic carbocycles.